The zero-order valence-corrected chi connectivity index (χ0v) is 12.2. The molecule has 7 heteroatoms. The van der Waals surface area contributed by atoms with Crippen molar-refractivity contribution in [3.05, 3.63) is 22.7 Å². The van der Waals surface area contributed by atoms with Gasteiger partial charge in [0.1, 0.15) is 4.90 Å². The van der Waals surface area contributed by atoms with Crippen molar-refractivity contribution < 1.29 is 23.1 Å². The van der Waals surface area contributed by atoms with Crippen LogP contribution in [-0.2, 0) is 21.1 Å². The van der Waals surface area contributed by atoms with E-state index in [2.05, 4.69) is 0 Å². The van der Waals surface area contributed by atoms with Crippen molar-refractivity contribution in [1.29, 1.82) is 0 Å². The number of benzene rings is 1. The maximum absolute atomic E-state index is 11.7. The molecule has 0 unspecified atom stereocenters. The molecule has 1 aromatic carbocycles. The fourth-order valence-electron chi connectivity index (χ4n) is 1.68. The third kappa shape index (κ3) is 4.40. The van der Waals surface area contributed by atoms with Gasteiger partial charge >= 0.3 is 5.97 Å². The molecule has 1 aromatic rings. The predicted octanol–water partition coefficient (Wildman–Crippen LogP) is 2.16. The molecule has 0 aliphatic carbocycles. The van der Waals surface area contributed by atoms with E-state index < -0.39 is 15.8 Å². The van der Waals surface area contributed by atoms with E-state index in [1.165, 1.54) is 13.2 Å². The molecule has 0 fully saturated rings. The summed E-state index contributed by atoms with van der Waals surface area (Å²) in [7, 11) is -2.11. The molecule has 106 valence electrons. The maximum atomic E-state index is 11.7. The Labute approximate surface area is 117 Å². The van der Waals surface area contributed by atoms with Crippen LogP contribution in [0.15, 0.2) is 17.0 Å². The van der Waals surface area contributed by atoms with Gasteiger partial charge in [0.15, 0.2) is 15.6 Å². The van der Waals surface area contributed by atoms with Gasteiger partial charge in [0.05, 0.1) is 12.1 Å². The lowest BCUT2D eigenvalue weighted by Crippen LogP contribution is -2.03. The van der Waals surface area contributed by atoms with Gasteiger partial charge in [-0.15, -0.1) is 0 Å². The Bertz CT molecular complexity index is 580. The quantitative estimate of drug-likeness (QED) is 0.871. The van der Waals surface area contributed by atoms with Crippen LogP contribution in [0.1, 0.15) is 18.4 Å². The molecule has 0 atom stereocenters. The number of hydrogen-bond acceptors (Lipinski definition) is 4. The number of aryl methyl sites for hydroxylation is 1. The number of rotatable bonds is 6. The monoisotopic (exact) mass is 306 g/mol. The molecule has 0 bridgehead atoms. The van der Waals surface area contributed by atoms with Crippen LogP contribution in [0, 0.1) is 0 Å². The highest BCUT2D eigenvalue weighted by atomic mass is 35.5. The molecule has 0 radical (unpaired) electrons. The van der Waals surface area contributed by atoms with Crippen LogP contribution in [-0.4, -0.2) is 32.9 Å². The summed E-state index contributed by atoms with van der Waals surface area (Å²) in [5, 5.41) is 8.77. The van der Waals surface area contributed by atoms with Crippen molar-refractivity contribution in [3.63, 3.8) is 0 Å². The van der Waals surface area contributed by atoms with Crippen LogP contribution in [0.2, 0.25) is 5.02 Å². The molecule has 0 saturated carbocycles. The lowest BCUT2D eigenvalue weighted by molar-refractivity contribution is -0.137. The summed E-state index contributed by atoms with van der Waals surface area (Å²) in [5.41, 5.74) is 0.674. The first-order valence-corrected chi connectivity index (χ1v) is 7.81. The Morgan fingerprint density at radius 3 is 2.53 bits per heavy atom. The number of methoxy groups -OCH3 is 1. The lowest BCUT2D eigenvalue weighted by Gasteiger charge is -2.11. The van der Waals surface area contributed by atoms with Gasteiger partial charge in [-0.1, -0.05) is 11.6 Å². The molecule has 0 aliphatic rings. The Balaban J connectivity index is 3.10. The van der Waals surface area contributed by atoms with Gasteiger partial charge in [0.25, 0.3) is 0 Å². The number of ether oxygens (including phenoxy) is 1. The van der Waals surface area contributed by atoms with E-state index in [9.17, 15) is 13.2 Å². The Kier molecular flexibility index (Phi) is 5.20. The highest BCUT2D eigenvalue weighted by Crippen LogP contribution is 2.33. The van der Waals surface area contributed by atoms with Crippen LogP contribution in [0.25, 0.3) is 0 Å². The minimum Gasteiger partial charge on any atom is -0.494 e. The van der Waals surface area contributed by atoms with E-state index in [0.29, 0.717) is 18.4 Å². The molecule has 0 spiro atoms. The number of carboxylic acid groups (broad SMARTS) is 1. The van der Waals surface area contributed by atoms with Crippen molar-refractivity contribution in [3.8, 4) is 5.75 Å². The predicted molar refractivity (Wildman–Crippen MR) is 71.7 cm³/mol. The topological polar surface area (TPSA) is 80.7 Å². The SMILES string of the molecule is COc1c(Cl)cc(CCCC(=O)O)cc1S(C)(=O)=O. The first-order chi connectivity index (χ1) is 8.75. The molecule has 5 nitrogen and oxygen atoms in total. The molecule has 1 N–H and O–H groups in total. The van der Waals surface area contributed by atoms with Gasteiger partial charge in [0.2, 0.25) is 0 Å². The van der Waals surface area contributed by atoms with Crippen molar-refractivity contribution in [1.82, 2.24) is 0 Å². The van der Waals surface area contributed by atoms with E-state index in [1.54, 1.807) is 6.07 Å². The van der Waals surface area contributed by atoms with Gasteiger partial charge in [-0.05, 0) is 30.5 Å². The second-order valence-corrected chi connectivity index (χ2v) is 6.52. The van der Waals surface area contributed by atoms with E-state index in [1.807, 2.05) is 0 Å². The highest BCUT2D eigenvalue weighted by Gasteiger charge is 2.18. The summed E-state index contributed by atoms with van der Waals surface area (Å²) in [5.74, 6) is -0.769. The highest BCUT2D eigenvalue weighted by molar-refractivity contribution is 7.90. The van der Waals surface area contributed by atoms with E-state index in [-0.39, 0.29) is 22.1 Å². The minimum atomic E-state index is -3.46. The van der Waals surface area contributed by atoms with Gasteiger partial charge in [0, 0.05) is 12.7 Å². The summed E-state index contributed by atoms with van der Waals surface area (Å²) >= 11 is 5.98. The van der Waals surface area contributed by atoms with Gasteiger partial charge in [-0.25, -0.2) is 8.42 Å². The van der Waals surface area contributed by atoms with Crippen molar-refractivity contribution in [2.24, 2.45) is 0 Å². The van der Waals surface area contributed by atoms with E-state index in [0.717, 1.165) is 6.26 Å². The Morgan fingerprint density at radius 1 is 1.42 bits per heavy atom. The molecule has 0 aliphatic heterocycles. The Hall–Kier alpha value is -1.27. The third-order valence-corrected chi connectivity index (χ3v) is 3.91. The first-order valence-electron chi connectivity index (χ1n) is 5.54. The van der Waals surface area contributed by atoms with Crippen molar-refractivity contribution in [2.45, 2.75) is 24.2 Å². The summed E-state index contributed by atoms with van der Waals surface area (Å²) in [6.45, 7) is 0. The maximum Gasteiger partial charge on any atom is 0.303 e. The average molecular weight is 307 g/mol. The summed E-state index contributed by atoms with van der Waals surface area (Å²) in [6, 6.07) is 3.07. The number of aliphatic carboxylic acids is 1. The van der Waals surface area contributed by atoms with Crippen molar-refractivity contribution in [2.75, 3.05) is 13.4 Å². The molecule has 1 rings (SSSR count). The number of carboxylic acids is 1. The minimum absolute atomic E-state index is 0.0211. The zero-order chi connectivity index (χ0) is 14.6. The zero-order valence-electron chi connectivity index (χ0n) is 10.6. The van der Waals surface area contributed by atoms with Crippen molar-refractivity contribution >= 4 is 27.4 Å². The molecule has 19 heavy (non-hydrogen) atoms. The molecular weight excluding hydrogens is 292 g/mol. The van der Waals surface area contributed by atoms with Gasteiger partial charge in [-0.2, -0.15) is 0 Å². The average Bonchev–Trinajstić information content (AvgIpc) is 2.26. The summed E-state index contributed by atoms with van der Waals surface area (Å²) < 4.78 is 28.3. The van der Waals surface area contributed by atoms with Crippen LogP contribution in [0.4, 0.5) is 0 Å². The molecule has 0 heterocycles. The third-order valence-electron chi connectivity index (χ3n) is 2.53. The smallest absolute Gasteiger partial charge is 0.303 e. The van der Waals surface area contributed by atoms with Crippen LogP contribution >= 0.6 is 11.6 Å². The lowest BCUT2D eigenvalue weighted by atomic mass is 10.1. The van der Waals surface area contributed by atoms with Gasteiger partial charge in [-0.3, -0.25) is 4.79 Å². The number of sulfone groups is 1. The Morgan fingerprint density at radius 2 is 2.05 bits per heavy atom. The van der Waals surface area contributed by atoms with E-state index in [4.69, 9.17) is 21.4 Å². The first kappa shape index (κ1) is 15.8. The number of halogens is 1. The fraction of sp³-hybridized carbons (Fsp3) is 0.417. The summed E-state index contributed by atoms with van der Waals surface area (Å²) in [6.07, 6.45) is 1.96. The number of hydrogen-bond donors (Lipinski definition) is 1. The number of carbonyl (C=O) groups is 1. The normalized spacial score (nSPS) is 11.3. The van der Waals surface area contributed by atoms with Crippen LogP contribution < -0.4 is 4.74 Å². The summed E-state index contributed by atoms with van der Waals surface area (Å²) in [4.78, 5) is 10.5. The second kappa shape index (κ2) is 6.25. The second-order valence-electron chi connectivity index (χ2n) is 4.13. The molecule has 0 aromatic heterocycles. The molecular formula is C12H15ClO5S. The standard InChI is InChI=1S/C12H15ClO5S/c1-18-12-9(13)6-8(4-3-5-11(14)15)7-10(12)19(2,16)17/h6-7H,3-5H2,1-2H3,(H,14,15). The largest absolute Gasteiger partial charge is 0.494 e. The van der Waals surface area contributed by atoms with Gasteiger partial charge < -0.3 is 9.84 Å². The molecule has 0 saturated heterocycles. The van der Waals surface area contributed by atoms with Crippen LogP contribution in [0.3, 0.4) is 0 Å². The van der Waals surface area contributed by atoms with Crippen LogP contribution in [0.5, 0.6) is 5.75 Å². The van der Waals surface area contributed by atoms with E-state index >= 15 is 0 Å². The molecule has 0 amide bonds. The fourth-order valence-corrected chi connectivity index (χ4v) is 2.95.